The van der Waals surface area contributed by atoms with E-state index in [1.54, 1.807) is 6.26 Å². The summed E-state index contributed by atoms with van der Waals surface area (Å²) in [4.78, 5) is 9.05. The third-order valence-electron chi connectivity index (χ3n) is 4.47. The third kappa shape index (κ3) is 3.69. The molecule has 2 aromatic heterocycles. The predicted octanol–water partition coefficient (Wildman–Crippen LogP) is 2.76. The van der Waals surface area contributed by atoms with Gasteiger partial charge in [0.25, 0.3) is 0 Å². The molecule has 6 nitrogen and oxygen atoms in total. The average molecular weight is 335 g/mol. The fraction of sp³-hybridized carbons (Fsp3) is 0.316. The van der Waals surface area contributed by atoms with E-state index in [0.29, 0.717) is 0 Å². The van der Waals surface area contributed by atoms with Crippen LogP contribution >= 0.6 is 0 Å². The fourth-order valence-electron chi connectivity index (χ4n) is 3.10. The summed E-state index contributed by atoms with van der Waals surface area (Å²) in [5.41, 5.74) is 3.00. The highest BCUT2D eigenvalue weighted by Gasteiger charge is 2.19. The van der Waals surface area contributed by atoms with E-state index in [2.05, 4.69) is 31.0 Å². The molecule has 0 aliphatic carbocycles. The molecule has 3 aromatic rings. The second-order valence-electron chi connectivity index (χ2n) is 6.26. The van der Waals surface area contributed by atoms with Crippen LogP contribution in [0.15, 0.2) is 53.1 Å². The first kappa shape index (κ1) is 15.8. The normalized spacial score (nSPS) is 15.5. The van der Waals surface area contributed by atoms with Crippen molar-refractivity contribution in [3.05, 3.63) is 60.3 Å². The fourth-order valence-corrected chi connectivity index (χ4v) is 3.10. The molecule has 1 saturated heterocycles. The predicted molar refractivity (Wildman–Crippen MR) is 96.2 cm³/mol. The van der Waals surface area contributed by atoms with E-state index in [1.807, 2.05) is 43.3 Å². The van der Waals surface area contributed by atoms with Crippen molar-refractivity contribution in [1.29, 1.82) is 0 Å². The van der Waals surface area contributed by atoms with Gasteiger partial charge < -0.3 is 9.32 Å². The molecule has 1 aromatic carbocycles. The highest BCUT2D eigenvalue weighted by molar-refractivity contribution is 5.59. The Morgan fingerprint density at radius 3 is 2.40 bits per heavy atom. The second kappa shape index (κ2) is 7.03. The molecule has 0 N–H and O–H groups in total. The maximum Gasteiger partial charge on any atom is 0.191 e. The number of hydrogen-bond donors (Lipinski definition) is 0. The first-order valence-corrected chi connectivity index (χ1v) is 8.55. The molecule has 0 radical (unpaired) electrons. The Labute approximate surface area is 147 Å². The number of aryl methyl sites for hydroxylation is 1. The van der Waals surface area contributed by atoms with Crippen molar-refractivity contribution in [3.8, 4) is 11.3 Å². The van der Waals surface area contributed by atoms with Crippen LogP contribution in [0.2, 0.25) is 0 Å². The zero-order valence-electron chi connectivity index (χ0n) is 14.3. The Balaban J connectivity index is 1.36. The molecule has 0 atom stereocenters. The lowest BCUT2D eigenvalue weighted by Crippen LogP contribution is -2.46. The van der Waals surface area contributed by atoms with Gasteiger partial charge >= 0.3 is 0 Å². The molecular weight excluding hydrogens is 314 g/mol. The molecule has 1 aliphatic rings. The highest BCUT2D eigenvalue weighted by atomic mass is 16.3. The molecule has 25 heavy (non-hydrogen) atoms. The number of aromatic nitrogens is 3. The number of anilines is 1. The molecule has 0 saturated carbocycles. The molecule has 3 heterocycles. The molecule has 0 spiro atoms. The monoisotopic (exact) mass is 335 g/mol. The Bertz CT molecular complexity index is 807. The quantitative estimate of drug-likeness (QED) is 0.731. The second-order valence-corrected chi connectivity index (χ2v) is 6.26. The number of rotatable bonds is 4. The van der Waals surface area contributed by atoms with Gasteiger partial charge in [-0.3, -0.25) is 4.90 Å². The Hall–Kier alpha value is -2.73. The van der Waals surface area contributed by atoms with Crippen molar-refractivity contribution >= 4 is 5.82 Å². The molecule has 6 heteroatoms. The Morgan fingerprint density at radius 1 is 0.960 bits per heavy atom. The molecule has 0 bridgehead atoms. The summed E-state index contributed by atoms with van der Waals surface area (Å²) in [6.45, 7) is 6.55. The van der Waals surface area contributed by atoms with Gasteiger partial charge in [-0.2, -0.15) is 0 Å². The summed E-state index contributed by atoms with van der Waals surface area (Å²) in [7, 11) is 0. The van der Waals surface area contributed by atoms with Gasteiger partial charge in [-0.15, -0.1) is 10.2 Å². The van der Waals surface area contributed by atoms with Gasteiger partial charge in [0.1, 0.15) is 6.26 Å². The maximum atomic E-state index is 5.28. The van der Waals surface area contributed by atoms with Crippen LogP contribution in [0.25, 0.3) is 11.3 Å². The minimum Gasteiger partial charge on any atom is -0.449 e. The number of oxazole rings is 1. The van der Waals surface area contributed by atoms with E-state index >= 15 is 0 Å². The Kier molecular flexibility index (Phi) is 4.43. The third-order valence-corrected chi connectivity index (χ3v) is 4.47. The van der Waals surface area contributed by atoms with Crippen molar-refractivity contribution in [2.24, 2.45) is 0 Å². The number of piperazine rings is 1. The first-order chi connectivity index (χ1) is 12.3. The average Bonchev–Trinajstić information content (AvgIpc) is 3.08. The van der Waals surface area contributed by atoms with Crippen LogP contribution in [-0.4, -0.2) is 46.3 Å². The Morgan fingerprint density at radius 2 is 1.76 bits per heavy atom. The summed E-state index contributed by atoms with van der Waals surface area (Å²) >= 11 is 0. The minimum atomic E-state index is 0.724. The smallest absolute Gasteiger partial charge is 0.191 e. The van der Waals surface area contributed by atoms with E-state index < -0.39 is 0 Å². The molecule has 128 valence electrons. The van der Waals surface area contributed by atoms with Crippen LogP contribution in [0.4, 0.5) is 5.82 Å². The van der Waals surface area contributed by atoms with Crippen LogP contribution in [0, 0.1) is 6.92 Å². The van der Waals surface area contributed by atoms with Crippen molar-refractivity contribution in [1.82, 2.24) is 20.1 Å². The van der Waals surface area contributed by atoms with Crippen LogP contribution < -0.4 is 4.90 Å². The molecule has 0 amide bonds. The van der Waals surface area contributed by atoms with Crippen molar-refractivity contribution in [3.63, 3.8) is 0 Å². The summed E-state index contributed by atoms with van der Waals surface area (Å²) in [5.74, 6) is 1.67. The molecule has 1 aliphatic heterocycles. The first-order valence-electron chi connectivity index (χ1n) is 8.55. The van der Waals surface area contributed by atoms with Gasteiger partial charge in [-0.05, 0) is 12.1 Å². The minimum absolute atomic E-state index is 0.724. The highest BCUT2D eigenvalue weighted by Crippen LogP contribution is 2.19. The summed E-state index contributed by atoms with van der Waals surface area (Å²) in [5, 5.41) is 8.81. The van der Waals surface area contributed by atoms with Gasteiger partial charge in [0.15, 0.2) is 11.7 Å². The lowest BCUT2D eigenvalue weighted by atomic mass is 10.1. The molecule has 1 fully saturated rings. The summed E-state index contributed by atoms with van der Waals surface area (Å²) in [6, 6.07) is 14.2. The van der Waals surface area contributed by atoms with Gasteiger partial charge in [-0.1, -0.05) is 30.3 Å². The van der Waals surface area contributed by atoms with Gasteiger partial charge in [-0.25, -0.2) is 4.98 Å². The summed E-state index contributed by atoms with van der Waals surface area (Å²) < 4.78 is 5.28. The number of benzene rings is 1. The van der Waals surface area contributed by atoms with E-state index in [1.165, 1.54) is 0 Å². The molecule has 0 unspecified atom stereocenters. The maximum absolute atomic E-state index is 5.28. The van der Waals surface area contributed by atoms with Crippen LogP contribution in [0.3, 0.4) is 0 Å². The van der Waals surface area contributed by atoms with Crippen LogP contribution in [-0.2, 0) is 6.54 Å². The number of nitrogens with zero attached hydrogens (tertiary/aromatic N) is 5. The van der Waals surface area contributed by atoms with E-state index in [4.69, 9.17) is 4.42 Å². The number of hydrogen-bond acceptors (Lipinski definition) is 6. The topological polar surface area (TPSA) is 58.3 Å². The summed E-state index contributed by atoms with van der Waals surface area (Å²) in [6.07, 6.45) is 1.75. The van der Waals surface area contributed by atoms with E-state index in [9.17, 15) is 0 Å². The largest absolute Gasteiger partial charge is 0.449 e. The van der Waals surface area contributed by atoms with Gasteiger partial charge in [0, 0.05) is 45.2 Å². The van der Waals surface area contributed by atoms with Gasteiger partial charge in [0.2, 0.25) is 0 Å². The zero-order chi connectivity index (χ0) is 17.1. The van der Waals surface area contributed by atoms with Crippen LogP contribution in [0.1, 0.15) is 11.6 Å². The van der Waals surface area contributed by atoms with Crippen molar-refractivity contribution in [2.45, 2.75) is 13.5 Å². The van der Waals surface area contributed by atoms with Gasteiger partial charge in [0.05, 0.1) is 11.4 Å². The van der Waals surface area contributed by atoms with E-state index in [-0.39, 0.29) is 0 Å². The zero-order valence-corrected chi connectivity index (χ0v) is 14.3. The van der Waals surface area contributed by atoms with E-state index in [0.717, 1.165) is 61.4 Å². The lowest BCUT2D eigenvalue weighted by molar-refractivity contribution is 0.246. The molecule has 4 rings (SSSR count). The standard InChI is InChI=1S/C19H21N5O/c1-15-20-17(14-25-15)13-23-9-11-24(12-10-23)19-8-7-18(21-22-19)16-5-3-2-4-6-16/h2-8,14H,9-13H2,1H3. The SMILES string of the molecule is Cc1nc(CN2CCN(c3ccc(-c4ccccc4)nn3)CC2)co1. The lowest BCUT2D eigenvalue weighted by Gasteiger charge is -2.34. The van der Waals surface area contributed by atoms with Crippen molar-refractivity contribution < 1.29 is 4.42 Å². The van der Waals surface area contributed by atoms with Crippen LogP contribution in [0.5, 0.6) is 0 Å². The molecular formula is C19H21N5O. The van der Waals surface area contributed by atoms with Crippen molar-refractivity contribution in [2.75, 3.05) is 31.1 Å².